The van der Waals surface area contributed by atoms with Crippen molar-refractivity contribution in [2.45, 2.75) is 132 Å². The molecule has 0 radical (unpaired) electrons. The Morgan fingerprint density at radius 1 is 0.833 bits per heavy atom. The van der Waals surface area contributed by atoms with Crippen LogP contribution in [-0.2, 0) is 14.3 Å². The molecule has 1 rings (SSSR count). The molecule has 0 amide bonds. The van der Waals surface area contributed by atoms with E-state index in [4.69, 9.17) is 9.47 Å². The molecule has 3 nitrogen and oxygen atoms in total. The molecular formula is C27H52O3. The molecule has 1 unspecified atom stereocenters. The second-order valence-electron chi connectivity index (χ2n) is 11.6. The average Bonchev–Trinajstić information content (AvgIpc) is 2.72. The van der Waals surface area contributed by atoms with Gasteiger partial charge in [-0.1, -0.05) is 94.4 Å². The van der Waals surface area contributed by atoms with Crippen molar-refractivity contribution >= 4 is 5.97 Å². The van der Waals surface area contributed by atoms with Crippen molar-refractivity contribution in [1.29, 1.82) is 0 Å². The largest absolute Gasteiger partial charge is 0.457 e. The van der Waals surface area contributed by atoms with Gasteiger partial charge < -0.3 is 9.47 Å². The van der Waals surface area contributed by atoms with Gasteiger partial charge in [-0.2, -0.15) is 0 Å². The van der Waals surface area contributed by atoms with Crippen LogP contribution in [0.4, 0.5) is 0 Å². The fraction of sp³-hybridized carbons (Fsp3) is 0.963. The first-order valence-corrected chi connectivity index (χ1v) is 12.7. The van der Waals surface area contributed by atoms with Gasteiger partial charge in [0.2, 0.25) is 0 Å². The minimum atomic E-state index is -0.308. The average molecular weight is 425 g/mol. The SMILES string of the molecule is CCC(C)(C)CC(C)(COCC(=O)OC(CC)(CC)C1CCCCC1)C(C)(C)CC. The predicted molar refractivity (Wildman–Crippen MR) is 128 cm³/mol. The fourth-order valence-electron chi connectivity index (χ4n) is 5.39. The Morgan fingerprint density at radius 2 is 1.40 bits per heavy atom. The molecular weight excluding hydrogens is 372 g/mol. The Kier molecular flexibility index (Phi) is 10.4. The van der Waals surface area contributed by atoms with E-state index in [0.717, 1.165) is 32.1 Å². The predicted octanol–water partition coefficient (Wildman–Crippen LogP) is 7.95. The topological polar surface area (TPSA) is 35.5 Å². The summed E-state index contributed by atoms with van der Waals surface area (Å²) in [6, 6.07) is 0. The second-order valence-corrected chi connectivity index (χ2v) is 11.6. The summed E-state index contributed by atoms with van der Waals surface area (Å²) in [5.74, 6) is 0.315. The lowest BCUT2D eigenvalue weighted by Crippen LogP contribution is -2.44. The van der Waals surface area contributed by atoms with E-state index in [1.54, 1.807) is 0 Å². The molecule has 1 aliphatic rings. The summed E-state index contributed by atoms with van der Waals surface area (Å²) in [6.45, 7) is 21.2. The summed E-state index contributed by atoms with van der Waals surface area (Å²) >= 11 is 0. The zero-order chi connectivity index (χ0) is 23.1. The molecule has 0 spiro atoms. The maximum atomic E-state index is 12.8. The summed E-state index contributed by atoms with van der Waals surface area (Å²) in [7, 11) is 0. The molecule has 1 aliphatic carbocycles. The molecule has 0 bridgehead atoms. The molecule has 0 heterocycles. The third-order valence-electron chi connectivity index (χ3n) is 8.85. The van der Waals surface area contributed by atoms with Crippen LogP contribution in [0.3, 0.4) is 0 Å². The van der Waals surface area contributed by atoms with Gasteiger partial charge in [-0.15, -0.1) is 0 Å². The van der Waals surface area contributed by atoms with Crippen LogP contribution in [0.5, 0.6) is 0 Å². The summed E-state index contributed by atoms with van der Waals surface area (Å²) in [5, 5.41) is 0. The van der Waals surface area contributed by atoms with Gasteiger partial charge in [-0.3, -0.25) is 0 Å². The highest BCUT2D eigenvalue weighted by Gasteiger charge is 2.44. The Labute approximate surface area is 188 Å². The molecule has 1 fully saturated rings. The summed E-state index contributed by atoms with van der Waals surface area (Å²) in [5.41, 5.74) is 0.0994. The normalized spacial score (nSPS) is 18.8. The van der Waals surface area contributed by atoms with Crippen LogP contribution in [0.1, 0.15) is 127 Å². The van der Waals surface area contributed by atoms with E-state index < -0.39 is 0 Å². The molecule has 1 atom stereocenters. The van der Waals surface area contributed by atoms with E-state index in [9.17, 15) is 4.79 Å². The number of rotatable bonds is 13. The van der Waals surface area contributed by atoms with Crippen LogP contribution in [0.25, 0.3) is 0 Å². The Morgan fingerprint density at radius 3 is 1.87 bits per heavy atom. The van der Waals surface area contributed by atoms with E-state index in [-0.39, 0.29) is 34.4 Å². The van der Waals surface area contributed by atoms with Crippen LogP contribution >= 0.6 is 0 Å². The van der Waals surface area contributed by atoms with Gasteiger partial charge in [-0.05, 0) is 54.3 Å². The second kappa shape index (κ2) is 11.3. The highest BCUT2D eigenvalue weighted by Crippen LogP contribution is 2.49. The lowest BCUT2D eigenvalue weighted by Gasteiger charge is -2.48. The van der Waals surface area contributed by atoms with E-state index >= 15 is 0 Å². The third kappa shape index (κ3) is 6.97. The Bertz CT molecular complexity index is 512. The number of hydrogen-bond donors (Lipinski definition) is 0. The highest BCUT2D eigenvalue weighted by atomic mass is 16.6. The van der Waals surface area contributed by atoms with Crippen LogP contribution in [-0.4, -0.2) is 24.8 Å². The van der Waals surface area contributed by atoms with Gasteiger partial charge in [-0.25, -0.2) is 4.79 Å². The van der Waals surface area contributed by atoms with Crippen LogP contribution in [0, 0.1) is 22.2 Å². The third-order valence-corrected chi connectivity index (χ3v) is 8.85. The van der Waals surface area contributed by atoms with E-state index in [1.165, 1.54) is 32.1 Å². The minimum absolute atomic E-state index is 0.0114. The number of ether oxygens (including phenoxy) is 2. The van der Waals surface area contributed by atoms with Crippen LogP contribution in [0.15, 0.2) is 0 Å². The Hall–Kier alpha value is -0.570. The van der Waals surface area contributed by atoms with Crippen molar-refractivity contribution in [3.8, 4) is 0 Å². The van der Waals surface area contributed by atoms with Gasteiger partial charge in [0.25, 0.3) is 0 Å². The van der Waals surface area contributed by atoms with Gasteiger partial charge in [0.05, 0.1) is 6.61 Å². The zero-order valence-electron chi connectivity index (χ0n) is 21.8. The fourth-order valence-corrected chi connectivity index (χ4v) is 5.39. The monoisotopic (exact) mass is 424 g/mol. The molecule has 0 aromatic rings. The summed E-state index contributed by atoms with van der Waals surface area (Å²) < 4.78 is 12.2. The molecule has 30 heavy (non-hydrogen) atoms. The van der Waals surface area contributed by atoms with Crippen molar-refractivity contribution in [2.24, 2.45) is 22.2 Å². The van der Waals surface area contributed by atoms with Crippen molar-refractivity contribution in [3.63, 3.8) is 0 Å². The van der Waals surface area contributed by atoms with Gasteiger partial charge in [0.1, 0.15) is 12.2 Å². The minimum Gasteiger partial charge on any atom is -0.457 e. The molecule has 1 saturated carbocycles. The Balaban J connectivity index is 2.78. The van der Waals surface area contributed by atoms with Gasteiger partial charge in [0.15, 0.2) is 0 Å². The van der Waals surface area contributed by atoms with E-state index in [1.807, 2.05) is 0 Å². The molecule has 0 N–H and O–H groups in total. The molecule has 0 aliphatic heterocycles. The van der Waals surface area contributed by atoms with Crippen LogP contribution in [0.2, 0.25) is 0 Å². The first-order valence-electron chi connectivity index (χ1n) is 12.7. The molecule has 3 heteroatoms. The van der Waals surface area contributed by atoms with Gasteiger partial charge >= 0.3 is 5.97 Å². The lowest BCUT2D eigenvalue weighted by molar-refractivity contribution is -0.177. The summed E-state index contributed by atoms with van der Waals surface area (Å²) in [6.07, 6.45) is 11.3. The standard InChI is InChI=1S/C27H52O3/c1-10-24(5,6)20-26(9,25(7,8)11-2)21-29-19-23(28)30-27(12-3,13-4)22-17-15-14-16-18-22/h22H,10-21H2,1-9H3. The lowest BCUT2D eigenvalue weighted by atomic mass is 9.59. The van der Waals surface area contributed by atoms with Crippen molar-refractivity contribution in [2.75, 3.05) is 13.2 Å². The van der Waals surface area contributed by atoms with E-state index in [2.05, 4.69) is 62.3 Å². The quantitative estimate of drug-likeness (QED) is 0.281. The van der Waals surface area contributed by atoms with Crippen molar-refractivity contribution in [3.05, 3.63) is 0 Å². The van der Waals surface area contributed by atoms with Crippen molar-refractivity contribution < 1.29 is 14.3 Å². The van der Waals surface area contributed by atoms with Crippen LogP contribution < -0.4 is 0 Å². The molecule has 0 aromatic carbocycles. The van der Waals surface area contributed by atoms with Crippen molar-refractivity contribution in [1.82, 2.24) is 0 Å². The zero-order valence-corrected chi connectivity index (χ0v) is 21.8. The number of carbonyl (C=O) groups excluding carboxylic acids is 1. The molecule has 0 aromatic heterocycles. The highest BCUT2D eigenvalue weighted by molar-refractivity contribution is 5.71. The van der Waals surface area contributed by atoms with E-state index in [0.29, 0.717) is 12.5 Å². The maximum Gasteiger partial charge on any atom is 0.332 e. The van der Waals surface area contributed by atoms with Gasteiger partial charge in [0, 0.05) is 0 Å². The number of hydrogen-bond acceptors (Lipinski definition) is 3. The maximum absolute atomic E-state index is 12.8. The first-order chi connectivity index (χ1) is 13.9. The smallest absolute Gasteiger partial charge is 0.332 e. The summed E-state index contributed by atoms with van der Waals surface area (Å²) in [4.78, 5) is 12.8. The number of carbonyl (C=O) groups is 1. The first kappa shape index (κ1) is 27.5. The molecule has 0 saturated heterocycles. The number of esters is 1. The molecule has 178 valence electrons.